The molecule has 0 radical (unpaired) electrons. The quantitative estimate of drug-likeness (QED) is 0.764. The first-order valence-corrected chi connectivity index (χ1v) is 14.6. The summed E-state index contributed by atoms with van der Waals surface area (Å²) >= 11 is 4.04. The number of rotatable bonds is 2. The van der Waals surface area contributed by atoms with Crippen LogP contribution in [0, 0.1) is 0 Å². The Morgan fingerprint density at radius 1 is 1.50 bits per heavy atom. The second kappa shape index (κ2) is 3.58. The van der Waals surface area contributed by atoms with Crippen molar-refractivity contribution in [3.63, 3.8) is 0 Å². The van der Waals surface area contributed by atoms with E-state index in [1.54, 1.807) is 0 Å². The van der Waals surface area contributed by atoms with Crippen LogP contribution in [0.25, 0.3) is 0 Å². The summed E-state index contributed by atoms with van der Waals surface area (Å²) in [5.74, 6) is 0. The van der Waals surface area contributed by atoms with Crippen molar-refractivity contribution in [3.8, 4) is 0 Å². The molecule has 0 saturated heterocycles. The Hall–Kier alpha value is 0.299. The molecule has 68 valence electrons. The second-order valence-electron chi connectivity index (χ2n) is 3.94. The van der Waals surface area contributed by atoms with Crippen molar-refractivity contribution < 1.29 is 0 Å². The topological polar surface area (TPSA) is 17.8 Å². The van der Waals surface area contributed by atoms with Crippen LogP contribution < -0.4 is 3.58 Å². The van der Waals surface area contributed by atoms with E-state index in [0.717, 1.165) is 11.7 Å². The van der Waals surface area contributed by atoms with Crippen LogP contribution in [0.15, 0.2) is 6.20 Å². The number of hydrogen-bond donors (Lipinski definition) is 0. The molecular weight excluding hydrogens is 278 g/mol. The zero-order chi connectivity index (χ0) is 9.35. The summed E-state index contributed by atoms with van der Waals surface area (Å²) in [6.07, 6.45) is 2.11. The van der Waals surface area contributed by atoms with E-state index in [0.29, 0.717) is 0 Å². The molecule has 2 nitrogen and oxygen atoms in total. The van der Waals surface area contributed by atoms with E-state index in [4.69, 9.17) is 11.6 Å². The van der Waals surface area contributed by atoms with E-state index < -0.39 is 18.4 Å². The van der Waals surface area contributed by atoms with Gasteiger partial charge in [0.05, 0.1) is 0 Å². The number of aromatic nitrogens is 2. The summed E-state index contributed by atoms with van der Waals surface area (Å²) in [4.78, 5) is 7.03. The molecular formula is C8H15ClN2Sn. The van der Waals surface area contributed by atoms with Gasteiger partial charge in [-0.1, -0.05) is 0 Å². The average molecular weight is 293 g/mol. The molecule has 0 aliphatic heterocycles. The molecule has 1 aromatic heterocycles. The Kier molecular flexibility index (Phi) is 3.10. The molecule has 0 amide bonds. The monoisotopic (exact) mass is 294 g/mol. The summed E-state index contributed by atoms with van der Waals surface area (Å²) in [5.41, 5.74) is 0. The SMILES string of the molecule is CCn1c[c]([Sn]([CH3])([CH3])[CH3])c(Cl)n1. The van der Waals surface area contributed by atoms with Crippen LogP contribution >= 0.6 is 11.6 Å². The van der Waals surface area contributed by atoms with Crippen molar-refractivity contribution in [2.45, 2.75) is 28.3 Å². The van der Waals surface area contributed by atoms with Crippen molar-refractivity contribution >= 4 is 33.6 Å². The average Bonchev–Trinajstić information content (AvgIpc) is 2.29. The van der Waals surface area contributed by atoms with E-state index >= 15 is 0 Å². The van der Waals surface area contributed by atoms with Gasteiger partial charge < -0.3 is 0 Å². The maximum absolute atomic E-state index is 6.03. The number of nitrogens with zero attached hydrogens (tertiary/aromatic N) is 2. The molecule has 4 heteroatoms. The minimum atomic E-state index is -1.99. The van der Waals surface area contributed by atoms with E-state index in [-0.39, 0.29) is 0 Å². The van der Waals surface area contributed by atoms with Crippen molar-refractivity contribution in [2.75, 3.05) is 0 Å². The Bertz CT molecular complexity index is 275. The summed E-state index contributed by atoms with van der Waals surface area (Å²) in [6, 6.07) is 0. The summed E-state index contributed by atoms with van der Waals surface area (Å²) in [6.45, 7) is 2.98. The molecule has 0 N–H and O–H groups in total. The van der Waals surface area contributed by atoms with E-state index in [1.165, 1.54) is 3.58 Å². The van der Waals surface area contributed by atoms with Gasteiger partial charge in [-0.3, -0.25) is 0 Å². The van der Waals surface area contributed by atoms with Gasteiger partial charge in [0.2, 0.25) is 0 Å². The van der Waals surface area contributed by atoms with Gasteiger partial charge in [0.15, 0.2) is 0 Å². The fraction of sp³-hybridized carbons (Fsp3) is 0.625. The van der Waals surface area contributed by atoms with Crippen molar-refractivity contribution in [1.82, 2.24) is 9.78 Å². The zero-order valence-electron chi connectivity index (χ0n) is 8.06. The number of aryl methyl sites for hydroxylation is 1. The van der Waals surface area contributed by atoms with Gasteiger partial charge in [-0.15, -0.1) is 0 Å². The first kappa shape index (κ1) is 10.4. The Morgan fingerprint density at radius 3 is 2.33 bits per heavy atom. The molecule has 0 fully saturated rings. The molecule has 1 rings (SSSR count). The van der Waals surface area contributed by atoms with Crippen LogP contribution in [0.1, 0.15) is 6.92 Å². The molecule has 0 aromatic carbocycles. The van der Waals surface area contributed by atoms with Crippen LogP contribution in [-0.4, -0.2) is 28.2 Å². The predicted molar refractivity (Wildman–Crippen MR) is 55.9 cm³/mol. The van der Waals surface area contributed by atoms with Gasteiger partial charge in [0.25, 0.3) is 0 Å². The Balaban J connectivity index is 3.08. The van der Waals surface area contributed by atoms with Crippen LogP contribution in [0.2, 0.25) is 20.0 Å². The van der Waals surface area contributed by atoms with Crippen LogP contribution in [-0.2, 0) is 6.54 Å². The van der Waals surface area contributed by atoms with Crippen molar-refractivity contribution in [2.24, 2.45) is 0 Å². The fourth-order valence-corrected chi connectivity index (χ4v) is 6.55. The molecule has 1 heterocycles. The van der Waals surface area contributed by atoms with Crippen LogP contribution in [0.3, 0.4) is 0 Å². The molecule has 0 bridgehead atoms. The third-order valence-electron chi connectivity index (χ3n) is 1.85. The summed E-state index contributed by atoms with van der Waals surface area (Å²) < 4.78 is 3.24. The van der Waals surface area contributed by atoms with Gasteiger partial charge >= 0.3 is 83.0 Å². The first-order chi connectivity index (χ1) is 5.45. The maximum atomic E-state index is 6.03. The van der Waals surface area contributed by atoms with Gasteiger partial charge in [-0.25, -0.2) is 0 Å². The number of hydrogen-bond acceptors (Lipinski definition) is 1. The summed E-state index contributed by atoms with van der Waals surface area (Å²) in [5, 5.41) is 4.95. The normalized spacial score (nSPS) is 12.1. The Morgan fingerprint density at radius 2 is 2.08 bits per heavy atom. The van der Waals surface area contributed by atoms with E-state index in [1.807, 2.05) is 4.68 Å². The van der Waals surface area contributed by atoms with E-state index in [2.05, 4.69) is 33.0 Å². The van der Waals surface area contributed by atoms with Crippen LogP contribution in [0.4, 0.5) is 0 Å². The molecule has 0 aliphatic rings. The van der Waals surface area contributed by atoms with Gasteiger partial charge in [-0.05, 0) is 0 Å². The predicted octanol–water partition coefficient (Wildman–Crippen LogP) is 2.10. The summed E-state index contributed by atoms with van der Waals surface area (Å²) in [7, 11) is 0. The fourth-order valence-electron chi connectivity index (χ4n) is 1.06. The third kappa shape index (κ3) is 2.16. The Labute approximate surface area is 82.8 Å². The molecule has 0 aliphatic carbocycles. The van der Waals surface area contributed by atoms with Crippen LogP contribution in [0.5, 0.6) is 0 Å². The minimum absolute atomic E-state index is 0.722. The molecule has 0 atom stereocenters. The van der Waals surface area contributed by atoms with Gasteiger partial charge in [0, 0.05) is 0 Å². The van der Waals surface area contributed by atoms with Crippen molar-refractivity contribution in [1.29, 1.82) is 0 Å². The standard InChI is InChI=1S/C5H6ClN2.3CH3.Sn/c1-2-8-4-3-5(6)7-8;;;;/h4H,2H2,1H3;3*1H3;. The molecule has 1 aromatic rings. The molecule has 0 unspecified atom stereocenters. The van der Waals surface area contributed by atoms with E-state index in [9.17, 15) is 0 Å². The second-order valence-corrected chi connectivity index (χ2v) is 18.7. The molecule has 12 heavy (non-hydrogen) atoms. The third-order valence-corrected chi connectivity index (χ3v) is 8.24. The molecule has 0 spiro atoms. The van der Waals surface area contributed by atoms with Gasteiger partial charge in [-0.2, -0.15) is 0 Å². The zero-order valence-corrected chi connectivity index (χ0v) is 11.7. The molecule has 0 saturated carbocycles. The van der Waals surface area contributed by atoms with Crippen molar-refractivity contribution in [3.05, 3.63) is 11.3 Å². The number of halogens is 1. The first-order valence-electron chi connectivity index (χ1n) is 4.18. The van der Waals surface area contributed by atoms with Gasteiger partial charge in [0.1, 0.15) is 0 Å².